The van der Waals surface area contributed by atoms with Crippen LogP contribution in [0.1, 0.15) is 6.23 Å². The molecule has 1 saturated heterocycles. The minimum atomic E-state index is -5.39. The molecule has 0 bridgehead atoms. The number of rotatable bonds is 12. The number of aliphatic hydroxyl groups excluding tert-OH is 5. The zero-order valence-corrected chi connectivity index (χ0v) is 21.7. The molecule has 37 heavy (non-hydrogen) atoms. The minimum absolute atomic E-state index is 0.111. The highest BCUT2D eigenvalue weighted by Gasteiger charge is 2.46. The van der Waals surface area contributed by atoms with Crippen molar-refractivity contribution in [3.63, 3.8) is 0 Å². The highest BCUT2D eigenvalue weighted by Crippen LogP contribution is 2.60. The predicted molar refractivity (Wildman–Crippen MR) is 122 cm³/mol. The zero-order valence-electron chi connectivity index (χ0n) is 18.4. The van der Waals surface area contributed by atoms with Gasteiger partial charge in [-0.05, 0) is 22.0 Å². The van der Waals surface area contributed by atoms with Crippen LogP contribution in [0.15, 0.2) is 17.0 Å². The van der Waals surface area contributed by atoms with Crippen LogP contribution in [0, 0.1) is 0 Å². The summed E-state index contributed by atoms with van der Waals surface area (Å²) in [7, 11) is -10.8. The molecular formula is C16H23BrN4O14P2. The van der Waals surface area contributed by atoms with Crippen molar-refractivity contribution in [1.29, 1.82) is 0 Å². The van der Waals surface area contributed by atoms with Crippen LogP contribution in [0.25, 0.3) is 11.0 Å². The van der Waals surface area contributed by atoms with Gasteiger partial charge in [-0.1, -0.05) is 0 Å². The van der Waals surface area contributed by atoms with E-state index < -0.39 is 71.7 Å². The molecule has 2 aromatic heterocycles. The van der Waals surface area contributed by atoms with Crippen molar-refractivity contribution >= 4 is 54.7 Å². The van der Waals surface area contributed by atoms with Crippen LogP contribution in [0.2, 0.25) is 0 Å². The van der Waals surface area contributed by atoms with Gasteiger partial charge in [0.05, 0.1) is 23.2 Å². The minimum Gasteiger partial charge on any atom is -0.388 e. The molecule has 0 saturated carbocycles. The normalized spacial score (nSPS) is 27.9. The molecule has 0 spiro atoms. The van der Waals surface area contributed by atoms with Crippen molar-refractivity contribution in [2.24, 2.45) is 0 Å². The first-order chi connectivity index (χ1) is 17.2. The Morgan fingerprint density at radius 1 is 1.16 bits per heavy atom. The second-order valence-electron chi connectivity index (χ2n) is 7.67. The van der Waals surface area contributed by atoms with Gasteiger partial charge in [-0.25, -0.2) is 19.1 Å². The molecular weight excluding hydrogens is 614 g/mol. The van der Waals surface area contributed by atoms with Gasteiger partial charge in [0, 0.05) is 0 Å². The summed E-state index contributed by atoms with van der Waals surface area (Å²) in [6, 6.07) is 1.54. The molecule has 18 nitrogen and oxygen atoms in total. The first-order valence-electron chi connectivity index (χ1n) is 10.1. The number of aldehydes is 1. The number of nitrogens with zero attached hydrogens (tertiary/aromatic N) is 3. The molecule has 2 unspecified atom stereocenters. The Morgan fingerprint density at radius 2 is 1.81 bits per heavy atom. The van der Waals surface area contributed by atoms with Crippen molar-refractivity contribution in [3.8, 4) is 0 Å². The van der Waals surface area contributed by atoms with Crippen LogP contribution >= 0.6 is 31.6 Å². The average molecular weight is 637 g/mol. The van der Waals surface area contributed by atoms with Crippen LogP contribution in [0.4, 0.5) is 5.82 Å². The predicted octanol–water partition coefficient (Wildman–Crippen LogP) is -2.07. The van der Waals surface area contributed by atoms with E-state index in [4.69, 9.17) is 15.6 Å². The van der Waals surface area contributed by atoms with Crippen LogP contribution < -0.4 is 5.73 Å². The van der Waals surface area contributed by atoms with E-state index in [0.29, 0.717) is 9.99 Å². The van der Waals surface area contributed by atoms with Gasteiger partial charge in [0.1, 0.15) is 54.4 Å². The van der Waals surface area contributed by atoms with Crippen molar-refractivity contribution in [3.05, 3.63) is 17.0 Å². The summed E-state index contributed by atoms with van der Waals surface area (Å²) in [4.78, 5) is 37.7. The number of nitrogens with two attached hydrogens (primary N) is 1. The topological polar surface area (TPSA) is 286 Å². The molecule has 1 aliphatic rings. The highest BCUT2D eigenvalue weighted by atomic mass is 79.9. The smallest absolute Gasteiger partial charge is 0.388 e. The van der Waals surface area contributed by atoms with Crippen LogP contribution in [-0.2, 0) is 32.0 Å². The van der Waals surface area contributed by atoms with Crippen molar-refractivity contribution < 1.29 is 67.3 Å². The maximum Gasteiger partial charge on any atom is 0.481 e. The van der Waals surface area contributed by atoms with E-state index in [9.17, 15) is 44.1 Å². The summed E-state index contributed by atoms with van der Waals surface area (Å²) in [5, 5.41) is 49.3. The fourth-order valence-corrected chi connectivity index (χ4v) is 5.96. The first-order valence-corrected chi connectivity index (χ1v) is 13.9. The molecule has 2 aromatic rings. The number of aromatic nitrogens is 3. The van der Waals surface area contributed by atoms with Gasteiger partial charge in [-0.3, -0.25) is 13.6 Å². The second-order valence-corrected chi connectivity index (χ2v) is 11.5. The van der Waals surface area contributed by atoms with E-state index in [1.807, 2.05) is 0 Å². The lowest BCUT2D eigenvalue weighted by atomic mass is 10.1. The van der Waals surface area contributed by atoms with Gasteiger partial charge in [0.25, 0.3) is 0 Å². The molecule has 3 heterocycles. The summed E-state index contributed by atoms with van der Waals surface area (Å²) in [6.45, 7) is -2.10. The molecule has 9 atom stereocenters. The molecule has 208 valence electrons. The molecule has 1 fully saturated rings. The quantitative estimate of drug-likeness (QED) is 0.0916. The maximum absolute atomic E-state index is 12.1. The van der Waals surface area contributed by atoms with E-state index in [1.165, 1.54) is 4.57 Å². The zero-order chi connectivity index (χ0) is 27.7. The van der Waals surface area contributed by atoms with Gasteiger partial charge in [0.15, 0.2) is 12.5 Å². The Balaban J connectivity index is 1.62. The maximum atomic E-state index is 12.1. The van der Waals surface area contributed by atoms with E-state index in [0.717, 1.165) is 6.33 Å². The number of aliphatic hydroxyl groups is 5. The van der Waals surface area contributed by atoms with Crippen molar-refractivity contribution in [2.45, 2.75) is 42.9 Å². The first kappa shape index (κ1) is 30.1. The lowest BCUT2D eigenvalue weighted by molar-refractivity contribution is -0.127. The summed E-state index contributed by atoms with van der Waals surface area (Å²) >= 11 is 3.26. The Bertz CT molecular complexity index is 1220. The lowest BCUT2D eigenvalue weighted by Crippen LogP contribution is -2.40. The average Bonchev–Trinajstić information content (AvgIpc) is 3.30. The fourth-order valence-electron chi connectivity index (χ4n) is 3.26. The van der Waals surface area contributed by atoms with Crippen LogP contribution in [0.5, 0.6) is 0 Å². The third kappa shape index (κ3) is 6.97. The molecule has 9 N–H and O–H groups in total. The lowest BCUT2D eigenvalue weighted by Gasteiger charge is -2.22. The Morgan fingerprint density at radius 3 is 2.46 bits per heavy atom. The number of ether oxygens (including phenoxy) is 1. The van der Waals surface area contributed by atoms with E-state index in [-0.39, 0.29) is 17.8 Å². The van der Waals surface area contributed by atoms with Crippen LogP contribution in [0.3, 0.4) is 0 Å². The Hall–Kier alpha value is -1.41. The number of halogens is 1. The molecule has 0 radical (unpaired) electrons. The summed E-state index contributed by atoms with van der Waals surface area (Å²) in [5.74, 6) is 0.133. The number of carbonyl (C=O) groups excluding carboxylic acids is 1. The number of nitrogen functional groups attached to an aromatic ring is 1. The molecule has 1 aliphatic heterocycles. The number of hydrogen-bond acceptors (Lipinski definition) is 15. The molecule has 0 aliphatic carbocycles. The number of carbonyl (C=O) groups is 1. The molecule has 3 rings (SSSR count). The summed E-state index contributed by atoms with van der Waals surface area (Å²) in [5.41, 5.74) is 6.04. The molecule has 0 amide bonds. The third-order valence-electron chi connectivity index (χ3n) is 5.11. The third-order valence-corrected chi connectivity index (χ3v) is 8.32. The van der Waals surface area contributed by atoms with Gasteiger partial charge in [-0.2, -0.15) is 4.31 Å². The van der Waals surface area contributed by atoms with Crippen molar-refractivity contribution in [2.75, 3.05) is 18.9 Å². The van der Waals surface area contributed by atoms with E-state index in [1.54, 1.807) is 6.07 Å². The van der Waals surface area contributed by atoms with E-state index >= 15 is 0 Å². The van der Waals surface area contributed by atoms with Crippen molar-refractivity contribution in [1.82, 2.24) is 14.5 Å². The summed E-state index contributed by atoms with van der Waals surface area (Å²) in [6.07, 6.45) is -11.1. The van der Waals surface area contributed by atoms with Gasteiger partial charge >= 0.3 is 15.6 Å². The second kappa shape index (κ2) is 11.8. The van der Waals surface area contributed by atoms with Gasteiger partial charge < -0.3 is 50.6 Å². The Labute approximate surface area is 215 Å². The SMILES string of the molecule is Nc1ncnc2c1cc(Br)n2[C@@H]1O[C@H](COP(=O)(O)OP(=O)(O)OC[C@@H](O)[C@@H](O)[C@@H](O)C=O)[C@@H](O)[C@H]1O. The number of anilines is 1. The number of hydrogen-bond donors (Lipinski definition) is 8. The Kier molecular flexibility index (Phi) is 9.58. The fraction of sp³-hybridized carbons (Fsp3) is 0.562. The molecule has 21 heteroatoms. The van der Waals surface area contributed by atoms with Gasteiger partial charge in [0.2, 0.25) is 0 Å². The number of fused-ring (bicyclic) bond motifs is 1. The highest BCUT2D eigenvalue weighted by molar-refractivity contribution is 9.10. The van der Waals surface area contributed by atoms with Crippen LogP contribution in [-0.4, -0.2) is 106 Å². The summed E-state index contributed by atoms with van der Waals surface area (Å²) < 4.78 is 44.2. The number of phosphoric acid groups is 2. The standard InChI is InChI=1S/C16H23BrN4O14P2/c17-10-1-6-14(18)19-5-20-15(6)21(10)16-13(27)12(26)9(34-16)4-33-37(30,31)35-36(28,29)32-3-8(24)11(25)7(23)2-22/h1-2,5,7-9,11-13,16,23-27H,3-4H2,(H,28,29)(H,30,31)(H2,18,19,20)/t7-,8+,9+,11-,12+,13+,16+/m0/s1. The van der Waals surface area contributed by atoms with E-state index in [2.05, 4.69) is 39.3 Å². The number of phosphoric ester groups is 2. The van der Waals surface area contributed by atoms with Gasteiger partial charge in [-0.15, -0.1) is 0 Å². The molecule has 0 aromatic carbocycles. The largest absolute Gasteiger partial charge is 0.481 e. The monoisotopic (exact) mass is 636 g/mol.